The predicted octanol–water partition coefficient (Wildman–Crippen LogP) is 11.5. The summed E-state index contributed by atoms with van der Waals surface area (Å²) < 4.78 is 18.5. The summed E-state index contributed by atoms with van der Waals surface area (Å²) in [6.07, 6.45) is 8.63. The van der Waals surface area contributed by atoms with Crippen LogP contribution in [0.3, 0.4) is 0 Å². The molecule has 0 radical (unpaired) electrons. The lowest BCUT2D eigenvalue weighted by Crippen LogP contribution is -2.00. The molecule has 3 nitrogen and oxygen atoms in total. The van der Waals surface area contributed by atoms with Gasteiger partial charge >= 0.3 is 11.5 Å². The van der Waals surface area contributed by atoms with E-state index in [1.165, 1.54) is 0 Å². The van der Waals surface area contributed by atoms with Crippen LogP contribution in [0.5, 0.6) is 5.75 Å². The zero-order valence-corrected chi connectivity index (χ0v) is 26.0. The molecule has 1 aliphatic rings. The summed E-state index contributed by atoms with van der Waals surface area (Å²) >= 11 is 0. The molecule has 0 N–H and O–H groups in total. The molecule has 0 aliphatic carbocycles. The summed E-state index contributed by atoms with van der Waals surface area (Å²) in [6.45, 7) is 0. The number of benzene rings is 5. The van der Waals surface area contributed by atoms with Crippen LogP contribution >= 0.6 is 0 Å². The van der Waals surface area contributed by atoms with Crippen LogP contribution in [0.4, 0.5) is 0 Å². The highest BCUT2D eigenvalue weighted by Crippen LogP contribution is 2.35. The summed E-state index contributed by atoms with van der Waals surface area (Å²) in [6, 6.07) is 53.2. The molecule has 5 aromatic carbocycles. The molecular formula is C44H33O3+. The largest absolute Gasteiger partial charge is 0.497 e. The Morgan fingerprint density at radius 1 is 0.553 bits per heavy atom. The molecule has 6 aromatic rings. The van der Waals surface area contributed by atoms with E-state index >= 15 is 0 Å². The molecule has 226 valence electrons. The first-order valence-corrected chi connectivity index (χ1v) is 15.6. The summed E-state index contributed by atoms with van der Waals surface area (Å²) in [4.78, 5) is 0. The van der Waals surface area contributed by atoms with Gasteiger partial charge < -0.3 is 9.47 Å². The molecule has 0 atom stereocenters. The summed E-state index contributed by atoms with van der Waals surface area (Å²) in [5.74, 6) is 3.99. The Labute approximate surface area is 275 Å². The summed E-state index contributed by atoms with van der Waals surface area (Å²) in [5.41, 5.74) is 8.17. The zero-order valence-electron chi connectivity index (χ0n) is 26.0. The van der Waals surface area contributed by atoms with Crippen molar-refractivity contribution in [1.82, 2.24) is 0 Å². The van der Waals surface area contributed by atoms with Crippen molar-refractivity contribution in [2.75, 3.05) is 7.11 Å². The van der Waals surface area contributed by atoms with Crippen LogP contribution in [0.1, 0.15) is 22.3 Å². The van der Waals surface area contributed by atoms with Gasteiger partial charge in [-0.15, -0.1) is 0 Å². The molecule has 3 heteroatoms. The molecule has 47 heavy (non-hydrogen) atoms. The van der Waals surface area contributed by atoms with Crippen molar-refractivity contribution in [3.05, 3.63) is 204 Å². The molecule has 0 fully saturated rings. The Morgan fingerprint density at radius 3 is 1.45 bits per heavy atom. The number of methoxy groups -OCH3 is 1. The molecule has 1 aromatic heterocycles. The molecular weight excluding hydrogens is 576 g/mol. The van der Waals surface area contributed by atoms with Gasteiger partial charge in [0.05, 0.1) is 30.4 Å². The maximum atomic E-state index is 6.49. The van der Waals surface area contributed by atoms with Crippen LogP contribution in [0, 0.1) is 0 Å². The lowest BCUT2D eigenvalue weighted by Gasteiger charge is -2.19. The van der Waals surface area contributed by atoms with Crippen LogP contribution in [-0.2, 0) is 4.74 Å². The normalized spacial score (nSPS) is 12.9. The van der Waals surface area contributed by atoms with Crippen molar-refractivity contribution < 1.29 is 13.9 Å². The van der Waals surface area contributed by atoms with Gasteiger partial charge in [-0.05, 0) is 83.0 Å². The van der Waals surface area contributed by atoms with Crippen molar-refractivity contribution >= 4 is 23.2 Å². The van der Waals surface area contributed by atoms with Gasteiger partial charge in [-0.3, -0.25) is 0 Å². The summed E-state index contributed by atoms with van der Waals surface area (Å²) in [7, 11) is 1.69. The maximum Gasteiger partial charge on any atom is 0.361 e. The van der Waals surface area contributed by atoms with Crippen molar-refractivity contribution in [2.24, 2.45) is 0 Å². The van der Waals surface area contributed by atoms with Gasteiger partial charge in [0, 0.05) is 11.1 Å². The van der Waals surface area contributed by atoms with Crippen molar-refractivity contribution in [1.29, 1.82) is 0 Å². The average Bonchev–Trinajstić information content (AvgIpc) is 3.16. The third-order valence-corrected chi connectivity index (χ3v) is 7.93. The highest BCUT2D eigenvalue weighted by Gasteiger charge is 2.20. The minimum absolute atomic E-state index is 0.795. The van der Waals surface area contributed by atoms with Crippen molar-refractivity contribution in [3.63, 3.8) is 0 Å². The fourth-order valence-electron chi connectivity index (χ4n) is 5.54. The molecule has 0 saturated heterocycles. The SMILES string of the molecule is COc1ccc(C(C=C2C=C(c3ccccc3)OC(c3ccccc3)=C2)=Cc2cc(-c3ccccc3)[o+]c(-c3ccccc3)c2)cc1. The first-order chi connectivity index (χ1) is 23.2. The molecule has 7 rings (SSSR count). The Hall–Kier alpha value is -6.19. The lowest BCUT2D eigenvalue weighted by atomic mass is 9.97. The second kappa shape index (κ2) is 13.8. The van der Waals surface area contributed by atoms with E-state index in [1.54, 1.807) is 7.11 Å². The van der Waals surface area contributed by atoms with Crippen molar-refractivity contribution in [2.45, 2.75) is 0 Å². The second-order valence-electron chi connectivity index (χ2n) is 11.2. The zero-order chi connectivity index (χ0) is 31.8. The Kier molecular flexibility index (Phi) is 8.70. The standard InChI is InChI=1S/C44H33O3/c1-45-40-24-22-34(23-25-40)39(26-32-28-41(35-14-6-2-7-15-35)46-42(29-32)36-16-8-3-9-17-36)27-33-30-43(37-18-10-4-11-19-37)47-44(31-33)38-20-12-5-13-21-38/h2-31H,1H3/q+1. The quantitative estimate of drug-likeness (QED) is 0.161. The van der Waals surface area contributed by atoms with Gasteiger partial charge in [-0.25, -0.2) is 4.42 Å². The fraction of sp³-hybridized carbons (Fsp3) is 0.0227. The average molecular weight is 610 g/mol. The Balaban J connectivity index is 1.41. The monoisotopic (exact) mass is 609 g/mol. The van der Waals surface area contributed by atoms with Crippen LogP contribution in [0.15, 0.2) is 186 Å². The van der Waals surface area contributed by atoms with Gasteiger partial charge in [-0.1, -0.05) is 109 Å². The van der Waals surface area contributed by atoms with Crippen LogP contribution < -0.4 is 4.74 Å². The highest BCUT2D eigenvalue weighted by molar-refractivity contribution is 5.91. The molecule has 0 unspecified atom stereocenters. The van der Waals surface area contributed by atoms with Crippen LogP contribution in [0.25, 0.3) is 45.8 Å². The number of rotatable bonds is 8. The third-order valence-electron chi connectivity index (χ3n) is 7.93. The highest BCUT2D eigenvalue weighted by atomic mass is 16.5. The second-order valence-corrected chi connectivity index (χ2v) is 11.2. The maximum absolute atomic E-state index is 6.49. The Morgan fingerprint density at radius 2 is 1.00 bits per heavy atom. The minimum atomic E-state index is 0.795. The fourth-order valence-corrected chi connectivity index (χ4v) is 5.54. The lowest BCUT2D eigenvalue weighted by molar-refractivity contribution is 0.415. The number of allylic oxidation sites excluding steroid dienone is 5. The van der Waals surface area contributed by atoms with Crippen LogP contribution in [-0.4, -0.2) is 7.11 Å². The van der Waals surface area contributed by atoms with E-state index in [0.717, 1.165) is 73.3 Å². The van der Waals surface area contributed by atoms with Gasteiger partial charge in [0.25, 0.3) is 0 Å². The van der Waals surface area contributed by atoms with E-state index < -0.39 is 0 Å². The summed E-state index contributed by atoms with van der Waals surface area (Å²) in [5, 5.41) is 0. The number of ether oxygens (including phenoxy) is 2. The first kappa shape index (κ1) is 29.5. The number of hydrogen-bond donors (Lipinski definition) is 0. The molecule has 2 heterocycles. The van der Waals surface area contributed by atoms with E-state index in [2.05, 4.69) is 97.1 Å². The molecule has 1 aliphatic heterocycles. The van der Waals surface area contributed by atoms with Gasteiger partial charge in [0.15, 0.2) is 0 Å². The van der Waals surface area contributed by atoms with E-state index in [1.807, 2.05) is 84.9 Å². The van der Waals surface area contributed by atoms with Gasteiger partial charge in [0.1, 0.15) is 17.3 Å². The molecule has 0 spiro atoms. The minimum Gasteiger partial charge on any atom is -0.497 e. The van der Waals surface area contributed by atoms with E-state index in [4.69, 9.17) is 13.9 Å². The predicted molar refractivity (Wildman–Crippen MR) is 193 cm³/mol. The topological polar surface area (TPSA) is 29.8 Å². The van der Waals surface area contributed by atoms with Crippen LogP contribution in [0.2, 0.25) is 0 Å². The van der Waals surface area contributed by atoms with E-state index in [0.29, 0.717) is 0 Å². The van der Waals surface area contributed by atoms with E-state index in [-0.39, 0.29) is 0 Å². The molecule has 0 bridgehead atoms. The van der Waals surface area contributed by atoms with E-state index in [9.17, 15) is 0 Å². The smallest absolute Gasteiger partial charge is 0.361 e. The number of hydrogen-bond acceptors (Lipinski definition) is 2. The molecule has 0 saturated carbocycles. The Bertz CT molecular complexity index is 1980. The van der Waals surface area contributed by atoms with Gasteiger partial charge in [0.2, 0.25) is 0 Å². The first-order valence-electron chi connectivity index (χ1n) is 15.6. The van der Waals surface area contributed by atoms with Gasteiger partial charge in [-0.2, -0.15) is 0 Å². The third kappa shape index (κ3) is 7.06. The van der Waals surface area contributed by atoms with Crippen molar-refractivity contribution in [3.8, 4) is 28.4 Å². The molecule has 0 amide bonds.